The summed E-state index contributed by atoms with van der Waals surface area (Å²) in [5.74, 6) is 0. The number of amides is 1. The Kier molecular flexibility index (Phi) is 3.56. The number of carbonyl (C=O) groups is 1. The molecule has 104 valence electrons. The van der Waals surface area contributed by atoms with Crippen LogP contribution >= 0.6 is 0 Å². The van der Waals surface area contributed by atoms with Gasteiger partial charge in [0.15, 0.2) is 0 Å². The standard InChI is InChI=1S/C13H23NO4/c1-12(2,3)18-11(16)14-6-7-17-13(9-14)5-4-10(15)8-13/h10,15H,4-9H2,1-3H3. The fourth-order valence-corrected chi connectivity index (χ4v) is 2.67. The van der Waals surface area contributed by atoms with Crippen molar-refractivity contribution < 1.29 is 19.4 Å². The van der Waals surface area contributed by atoms with Crippen LogP contribution < -0.4 is 0 Å². The zero-order valence-electron chi connectivity index (χ0n) is 11.4. The van der Waals surface area contributed by atoms with Crippen LogP contribution in [0.5, 0.6) is 0 Å². The van der Waals surface area contributed by atoms with Gasteiger partial charge in [0.2, 0.25) is 0 Å². The SMILES string of the molecule is CC(C)(C)OC(=O)N1CCOC2(CCC(O)C2)C1. The molecule has 1 aliphatic carbocycles. The Labute approximate surface area is 108 Å². The summed E-state index contributed by atoms with van der Waals surface area (Å²) in [5.41, 5.74) is -0.827. The minimum Gasteiger partial charge on any atom is -0.444 e. The number of aliphatic hydroxyl groups excluding tert-OH is 1. The van der Waals surface area contributed by atoms with E-state index < -0.39 is 5.60 Å². The molecule has 1 heterocycles. The molecule has 1 amide bonds. The summed E-state index contributed by atoms with van der Waals surface area (Å²) < 4.78 is 11.2. The van der Waals surface area contributed by atoms with Crippen LogP contribution in [0.15, 0.2) is 0 Å². The van der Waals surface area contributed by atoms with Crippen LogP contribution in [0.25, 0.3) is 0 Å². The van der Waals surface area contributed by atoms with Crippen molar-refractivity contribution in [2.75, 3.05) is 19.7 Å². The Morgan fingerprint density at radius 3 is 2.78 bits per heavy atom. The van der Waals surface area contributed by atoms with Gasteiger partial charge in [-0.05, 0) is 33.6 Å². The molecule has 2 aliphatic rings. The maximum Gasteiger partial charge on any atom is 0.410 e. The van der Waals surface area contributed by atoms with Crippen molar-refractivity contribution in [3.05, 3.63) is 0 Å². The van der Waals surface area contributed by atoms with E-state index in [1.54, 1.807) is 4.90 Å². The maximum atomic E-state index is 12.0. The summed E-state index contributed by atoms with van der Waals surface area (Å²) in [4.78, 5) is 13.7. The fraction of sp³-hybridized carbons (Fsp3) is 0.923. The van der Waals surface area contributed by atoms with Gasteiger partial charge in [-0.2, -0.15) is 0 Å². The summed E-state index contributed by atoms with van der Waals surface area (Å²) in [7, 11) is 0. The molecule has 0 radical (unpaired) electrons. The molecule has 0 bridgehead atoms. The smallest absolute Gasteiger partial charge is 0.410 e. The predicted octanol–water partition coefficient (Wildman–Crippen LogP) is 1.54. The number of ether oxygens (including phenoxy) is 2. The summed E-state index contributed by atoms with van der Waals surface area (Å²) in [6, 6.07) is 0. The summed E-state index contributed by atoms with van der Waals surface area (Å²) in [6.45, 7) is 7.19. The first kappa shape index (κ1) is 13.6. The molecule has 1 saturated carbocycles. The third-order valence-electron chi connectivity index (χ3n) is 3.44. The molecule has 2 fully saturated rings. The molecule has 5 heteroatoms. The van der Waals surface area contributed by atoms with Crippen LogP contribution in [0.2, 0.25) is 0 Å². The van der Waals surface area contributed by atoms with Crippen LogP contribution in [0, 0.1) is 0 Å². The fourth-order valence-electron chi connectivity index (χ4n) is 2.67. The molecule has 18 heavy (non-hydrogen) atoms. The van der Waals surface area contributed by atoms with Crippen LogP contribution in [0.4, 0.5) is 4.79 Å². The minimum absolute atomic E-state index is 0.286. The number of hydrogen-bond donors (Lipinski definition) is 1. The Balaban J connectivity index is 1.97. The normalized spacial score (nSPS) is 32.9. The highest BCUT2D eigenvalue weighted by atomic mass is 16.6. The molecule has 1 saturated heterocycles. The molecule has 2 rings (SSSR count). The van der Waals surface area contributed by atoms with E-state index in [-0.39, 0.29) is 17.8 Å². The zero-order valence-corrected chi connectivity index (χ0v) is 11.4. The number of rotatable bonds is 0. The zero-order chi connectivity index (χ0) is 13.4. The topological polar surface area (TPSA) is 59.0 Å². The third-order valence-corrected chi connectivity index (χ3v) is 3.44. The van der Waals surface area contributed by atoms with Crippen molar-refractivity contribution >= 4 is 6.09 Å². The number of aliphatic hydroxyl groups is 1. The van der Waals surface area contributed by atoms with Gasteiger partial charge in [0.25, 0.3) is 0 Å². The van der Waals surface area contributed by atoms with Gasteiger partial charge in [-0.25, -0.2) is 4.79 Å². The summed E-state index contributed by atoms with van der Waals surface area (Å²) >= 11 is 0. The van der Waals surface area contributed by atoms with Crippen LogP contribution in [0.3, 0.4) is 0 Å². The lowest BCUT2D eigenvalue weighted by Crippen LogP contribution is -2.53. The van der Waals surface area contributed by atoms with Crippen LogP contribution in [0.1, 0.15) is 40.0 Å². The number of hydrogen-bond acceptors (Lipinski definition) is 4. The molecule has 0 aromatic rings. The Hall–Kier alpha value is -0.810. The van der Waals surface area contributed by atoms with E-state index in [9.17, 15) is 9.90 Å². The minimum atomic E-state index is -0.474. The maximum absolute atomic E-state index is 12.0. The Bertz CT molecular complexity index is 321. The van der Waals surface area contributed by atoms with Crippen molar-refractivity contribution in [3.63, 3.8) is 0 Å². The van der Waals surface area contributed by atoms with Gasteiger partial charge in [0.1, 0.15) is 5.60 Å². The lowest BCUT2D eigenvalue weighted by Gasteiger charge is -2.40. The van der Waals surface area contributed by atoms with Gasteiger partial charge in [0, 0.05) is 13.0 Å². The van der Waals surface area contributed by atoms with E-state index in [0.717, 1.165) is 12.8 Å². The molecule has 1 N–H and O–H groups in total. The molecular weight excluding hydrogens is 234 g/mol. The van der Waals surface area contributed by atoms with Crippen LogP contribution in [-0.2, 0) is 9.47 Å². The first-order valence-corrected chi connectivity index (χ1v) is 6.60. The second-order valence-electron chi connectivity index (χ2n) is 6.33. The van der Waals surface area contributed by atoms with Crippen LogP contribution in [-0.4, -0.2) is 53.1 Å². The molecule has 5 nitrogen and oxygen atoms in total. The molecule has 0 aromatic heterocycles. The van der Waals surface area contributed by atoms with E-state index >= 15 is 0 Å². The molecule has 1 spiro atoms. The van der Waals surface area contributed by atoms with E-state index in [2.05, 4.69) is 0 Å². The highest BCUT2D eigenvalue weighted by molar-refractivity contribution is 5.68. The lowest BCUT2D eigenvalue weighted by molar-refractivity contribution is -0.108. The predicted molar refractivity (Wildman–Crippen MR) is 66.3 cm³/mol. The van der Waals surface area contributed by atoms with E-state index in [4.69, 9.17) is 9.47 Å². The van der Waals surface area contributed by atoms with Gasteiger partial charge >= 0.3 is 6.09 Å². The summed E-state index contributed by atoms with van der Waals surface area (Å²) in [6.07, 6.45) is 1.59. The monoisotopic (exact) mass is 257 g/mol. The molecule has 2 atom stereocenters. The molecule has 2 unspecified atom stereocenters. The quantitative estimate of drug-likeness (QED) is 0.715. The van der Waals surface area contributed by atoms with Gasteiger partial charge < -0.3 is 19.5 Å². The third kappa shape index (κ3) is 3.14. The average molecular weight is 257 g/mol. The highest BCUT2D eigenvalue weighted by Gasteiger charge is 2.44. The van der Waals surface area contributed by atoms with E-state index in [1.165, 1.54) is 0 Å². The molecular formula is C13H23NO4. The summed E-state index contributed by atoms with van der Waals surface area (Å²) in [5, 5.41) is 9.64. The largest absolute Gasteiger partial charge is 0.444 e. The second kappa shape index (κ2) is 4.70. The Morgan fingerprint density at radius 1 is 1.50 bits per heavy atom. The van der Waals surface area contributed by atoms with E-state index in [1.807, 2.05) is 20.8 Å². The van der Waals surface area contributed by atoms with Crippen molar-refractivity contribution in [2.45, 2.75) is 57.3 Å². The number of carbonyl (C=O) groups excluding carboxylic acids is 1. The first-order chi connectivity index (χ1) is 8.30. The average Bonchev–Trinajstić information content (AvgIpc) is 2.57. The highest BCUT2D eigenvalue weighted by Crippen LogP contribution is 2.36. The lowest BCUT2D eigenvalue weighted by atomic mass is 10.00. The van der Waals surface area contributed by atoms with Crippen molar-refractivity contribution in [2.24, 2.45) is 0 Å². The van der Waals surface area contributed by atoms with Gasteiger partial charge in [-0.3, -0.25) is 0 Å². The van der Waals surface area contributed by atoms with Gasteiger partial charge in [-0.1, -0.05) is 0 Å². The molecule has 1 aliphatic heterocycles. The van der Waals surface area contributed by atoms with Gasteiger partial charge in [0.05, 0.1) is 24.9 Å². The Morgan fingerprint density at radius 2 is 2.22 bits per heavy atom. The first-order valence-electron chi connectivity index (χ1n) is 6.60. The number of morpholine rings is 1. The van der Waals surface area contributed by atoms with Gasteiger partial charge in [-0.15, -0.1) is 0 Å². The second-order valence-corrected chi connectivity index (χ2v) is 6.33. The number of nitrogens with zero attached hydrogens (tertiary/aromatic N) is 1. The van der Waals surface area contributed by atoms with E-state index in [0.29, 0.717) is 26.1 Å². The van der Waals surface area contributed by atoms with Crippen molar-refractivity contribution in [1.82, 2.24) is 4.90 Å². The van der Waals surface area contributed by atoms with Crippen molar-refractivity contribution in [3.8, 4) is 0 Å². The van der Waals surface area contributed by atoms with Crippen molar-refractivity contribution in [1.29, 1.82) is 0 Å². The molecule has 0 aromatic carbocycles.